The maximum atomic E-state index is 14.3. The van der Waals surface area contributed by atoms with Gasteiger partial charge in [-0.2, -0.15) is 0 Å². The second-order valence-corrected chi connectivity index (χ2v) is 9.40. The van der Waals surface area contributed by atoms with E-state index in [9.17, 15) is 19.0 Å². The summed E-state index contributed by atoms with van der Waals surface area (Å²) < 4.78 is 46.4. The van der Waals surface area contributed by atoms with Crippen LogP contribution in [-0.4, -0.2) is 68.5 Å². The molecule has 0 aliphatic carbocycles. The lowest BCUT2D eigenvalue weighted by atomic mass is 9.89. The zero-order chi connectivity index (χ0) is 24.6. The third-order valence-corrected chi connectivity index (χ3v) is 5.99. The molecule has 1 fully saturated rings. The second kappa shape index (κ2) is 9.49. The number of aliphatic hydroxyl groups excluding tert-OH is 2. The quantitative estimate of drug-likeness (QED) is 0.555. The Hall–Kier alpha value is -2.73. The predicted octanol–water partition coefficient (Wildman–Crippen LogP) is 2.43. The number of hydrogen-bond donors (Lipinski definition) is 2. The Kier molecular flexibility index (Phi) is 6.81. The van der Waals surface area contributed by atoms with Crippen LogP contribution in [0.2, 0.25) is 0 Å². The molecular formula is C23H28F2N4O5. The van der Waals surface area contributed by atoms with Crippen molar-refractivity contribution in [3.63, 3.8) is 0 Å². The zero-order valence-electron chi connectivity index (χ0n) is 19.4. The van der Waals surface area contributed by atoms with Crippen molar-refractivity contribution in [2.45, 2.75) is 63.1 Å². The summed E-state index contributed by atoms with van der Waals surface area (Å²) in [4.78, 5) is 0. The number of halogens is 2. The van der Waals surface area contributed by atoms with Crippen molar-refractivity contribution in [1.29, 1.82) is 0 Å². The molecule has 0 radical (unpaired) electrons. The standard InChI is InChI=1S/C23H28F2N4O5/c1-23(2,3)18-9-12(27-34-18)8-16-22(32-4)20(21(31)17(11-30)33-16)29-10-15(26-28-29)13-6-5-7-14(24)19(13)25/h5-7,9-10,16-17,20-22,30-31H,8,11H2,1-4H3/t16-,17-,20+,21+,22+/m1/s1. The van der Waals surface area contributed by atoms with Gasteiger partial charge in [-0.1, -0.05) is 37.2 Å². The molecule has 2 aromatic heterocycles. The highest BCUT2D eigenvalue weighted by molar-refractivity contribution is 5.58. The number of nitrogens with zero attached hydrogens (tertiary/aromatic N) is 4. The molecule has 0 saturated carbocycles. The monoisotopic (exact) mass is 478 g/mol. The van der Waals surface area contributed by atoms with Crippen molar-refractivity contribution in [2.75, 3.05) is 13.7 Å². The largest absolute Gasteiger partial charge is 0.394 e. The summed E-state index contributed by atoms with van der Waals surface area (Å²) in [6.07, 6.45) is -1.79. The zero-order valence-corrected chi connectivity index (χ0v) is 19.4. The van der Waals surface area contributed by atoms with Gasteiger partial charge in [0.2, 0.25) is 0 Å². The fourth-order valence-corrected chi connectivity index (χ4v) is 4.15. The molecule has 1 saturated heterocycles. The molecule has 0 bridgehead atoms. The molecule has 34 heavy (non-hydrogen) atoms. The van der Waals surface area contributed by atoms with Crippen LogP contribution in [0.15, 0.2) is 35.0 Å². The van der Waals surface area contributed by atoms with Gasteiger partial charge in [-0.15, -0.1) is 5.10 Å². The minimum atomic E-state index is -1.21. The highest BCUT2D eigenvalue weighted by Crippen LogP contribution is 2.34. The molecule has 1 aliphatic rings. The number of hydrogen-bond acceptors (Lipinski definition) is 8. The van der Waals surface area contributed by atoms with Crippen molar-refractivity contribution in [2.24, 2.45) is 0 Å². The highest BCUT2D eigenvalue weighted by Gasteiger charge is 2.47. The van der Waals surface area contributed by atoms with Gasteiger partial charge in [0.25, 0.3) is 0 Å². The lowest BCUT2D eigenvalue weighted by Gasteiger charge is -2.43. The third kappa shape index (κ3) is 4.61. The van der Waals surface area contributed by atoms with E-state index in [1.54, 1.807) is 0 Å². The number of aromatic nitrogens is 4. The van der Waals surface area contributed by atoms with Gasteiger partial charge in [-0.05, 0) is 12.1 Å². The van der Waals surface area contributed by atoms with Crippen molar-refractivity contribution in [1.82, 2.24) is 20.2 Å². The highest BCUT2D eigenvalue weighted by atomic mass is 19.2. The van der Waals surface area contributed by atoms with Crippen LogP contribution in [0.25, 0.3) is 11.3 Å². The summed E-state index contributed by atoms with van der Waals surface area (Å²) in [5.74, 6) is -1.34. The smallest absolute Gasteiger partial charge is 0.168 e. The molecule has 184 valence electrons. The molecule has 9 nitrogen and oxygen atoms in total. The van der Waals surface area contributed by atoms with Gasteiger partial charge in [0.05, 0.1) is 24.6 Å². The summed E-state index contributed by atoms with van der Waals surface area (Å²) in [7, 11) is 1.47. The van der Waals surface area contributed by atoms with Gasteiger partial charge >= 0.3 is 0 Å². The lowest BCUT2D eigenvalue weighted by Crippen LogP contribution is -2.57. The fourth-order valence-electron chi connectivity index (χ4n) is 4.15. The van der Waals surface area contributed by atoms with Gasteiger partial charge in [-0.25, -0.2) is 13.5 Å². The maximum Gasteiger partial charge on any atom is 0.168 e. The maximum absolute atomic E-state index is 14.3. The minimum absolute atomic E-state index is 0.0608. The molecule has 3 heterocycles. The van der Waals surface area contributed by atoms with Crippen LogP contribution in [0.1, 0.15) is 38.3 Å². The van der Waals surface area contributed by atoms with Crippen LogP contribution in [-0.2, 0) is 21.3 Å². The number of ether oxygens (including phenoxy) is 2. The van der Waals surface area contributed by atoms with E-state index in [-0.39, 0.29) is 23.1 Å². The predicted molar refractivity (Wildman–Crippen MR) is 116 cm³/mol. The van der Waals surface area contributed by atoms with Crippen molar-refractivity contribution < 1.29 is 33.0 Å². The Balaban J connectivity index is 1.65. The van der Waals surface area contributed by atoms with Crippen LogP contribution < -0.4 is 0 Å². The lowest BCUT2D eigenvalue weighted by molar-refractivity contribution is -0.212. The molecule has 3 aromatic rings. The van der Waals surface area contributed by atoms with Crippen molar-refractivity contribution in [3.05, 3.63) is 53.6 Å². The number of aliphatic hydroxyl groups is 2. The average Bonchev–Trinajstić information content (AvgIpc) is 3.46. The van der Waals surface area contributed by atoms with Gasteiger partial charge in [0.15, 0.2) is 11.6 Å². The number of methoxy groups -OCH3 is 1. The summed E-state index contributed by atoms with van der Waals surface area (Å²) in [5.41, 5.74) is 0.433. The molecule has 4 rings (SSSR count). The summed E-state index contributed by atoms with van der Waals surface area (Å²) in [6, 6.07) is 4.78. The van der Waals surface area contributed by atoms with Crippen molar-refractivity contribution in [3.8, 4) is 11.3 Å². The Bertz CT molecular complexity index is 1130. The Morgan fingerprint density at radius 1 is 1.21 bits per heavy atom. The molecule has 2 N–H and O–H groups in total. The first-order valence-electron chi connectivity index (χ1n) is 10.9. The van der Waals surface area contributed by atoms with Crippen LogP contribution in [0.5, 0.6) is 0 Å². The van der Waals surface area contributed by atoms with E-state index < -0.39 is 48.7 Å². The summed E-state index contributed by atoms with van der Waals surface area (Å²) >= 11 is 0. The van der Waals surface area contributed by atoms with E-state index in [0.717, 1.165) is 6.07 Å². The van der Waals surface area contributed by atoms with E-state index in [4.69, 9.17) is 14.0 Å². The van der Waals surface area contributed by atoms with Gasteiger partial charge in [-0.3, -0.25) is 0 Å². The summed E-state index contributed by atoms with van der Waals surface area (Å²) in [5, 5.41) is 32.9. The average molecular weight is 478 g/mol. The molecule has 11 heteroatoms. The first-order valence-corrected chi connectivity index (χ1v) is 10.9. The molecular weight excluding hydrogens is 450 g/mol. The first-order chi connectivity index (χ1) is 16.1. The molecule has 1 aromatic carbocycles. The molecule has 5 atom stereocenters. The van der Waals surface area contributed by atoms with Crippen LogP contribution in [0.3, 0.4) is 0 Å². The van der Waals surface area contributed by atoms with E-state index in [1.807, 2.05) is 26.8 Å². The Morgan fingerprint density at radius 3 is 2.62 bits per heavy atom. The second-order valence-electron chi connectivity index (χ2n) is 9.40. The van der Waals surface area contributed by atoms with Gasteiger partial charge in [0.1, 0.15) is 35.8 Å². The Morgan fingerprint density at radius 2 is 1.97 bits per heavy atom. The van der Waals surface area contributed by atoms with E-state index in [1.165, 1.54) is 30.1 Å². The third-order valence-electron chi connectivity index (χ3n) is 5.99. The molecule has 1 aliphatic heterocycles. The topological polar surface area (TPSA) is 116 Å². The molecule has 0 unspecified atom stereocenters. The SMILES string of the molecule is CO[C@@H]1[C@@H](n2cc(-c3cccc(F)c3F)nn2)[C@@H](O)[C@@H](CO)O[C@@H]1Cc1cc(C(C)(C)C)on1. The molecule has 0 amide bonds. The van der Waals surface area contributed by atoms with Gasteiger partial charge in [0, 0.05) is 30.6 Å². The summed E-state index contributed by atoms with van der Waals surface area (Å²) in [6.45, 7) is 5.57. The Labute approximate surface area is 195 Å². The molecule has 0 spiro atoms. The first kappa shape index (κ1) is 24.4. The number of benzene rings is 1. The fraction of sp³-hybridized carbons (Fsp3) is 0.522. The van der Waals surface area contributed by atoms with E-state index in [0.29, 0.717) is 11.5 Å². The van der Waals surface area contributed by atoms with E-state index >= 15 is 0 Å². The normalized spacial score (nSPS) is 25.6. The van der Waals surface area contributed by atoms with E-state index in [2.05, 4.69) is 15.5 Å². The van der Waals surface area contributed by atoms with Crippen molar-refractivity contribution >= 4 is 0 Å². The van der Waals surface area contributed by atoms with Crippen LogP contribution >= 0.6 is 0 Å². The van der Waals surface area contributed by atoms with Gasteiger partial charge < -0.3 is 24.2 Å². The minimum Gasteiger partial charge on any atom is -0.394 e. The number of rotatable bonds is 6. The van der Waals surface area contributed by atoms with Crippen LogP contribution in [0, 0.1) is 11.6 Å². The van der Waals surface area contributed by atoms with Crippen LogP contribution in [0.4, 0.5) is 8.78 Å².